The van der Waals surface area contributed by atoms with Gasteiger partial charge < -0.3 is 15.2 Å². The Morgan fingerprint density at radius 3 is 2.50 bits per heavy atom. The number of nitrogens with one attached hydrogen (secondary N) is 2. The molecule has 0 spiro atoms. The van der Waals surface area contributed by atoms with Crippen LogP contribution in [0, 0.1) is 12.8 Å². The first-order valence-corrected chi connectivity index (χ1v) is 8.33. The van der Waals surface area contributed by atoms with Gasteiger partial charge in [-0.1, -0.05) is 26.7 Å². The summed E-state index contributed by atoms with van der Waals surface area (Å²) in [5, 5.41) is 15.0. The van der Waals surface area contributed by atoms with E-state index in [9.17, 15) is 0 Å². The molecule has 126 valence electrons. The summed E-state index contributed by atoms with van der Waals surface area (Å²) in [7, 11) is 1.97. The Labute approximate surface area is 134 Å². The van der Waals surface area contributed by atoms with Crippen LogP contribution in [-0.4, -0.2) is 33.3 Å². The number of guanidine groups is 1. The number of aromatic nitrogens is 3. The number of aliphatic imine (C=N–C) groups is 1. The Bertz CT molecular complexity index is 463. The third-order valence-corrected chi connectivity index (χ3v) is 3.71. The number of rotatable bonds is 8. The quantitative estimate of drug-likeness (QED) is 0.571. The highest BCUT2D eigenvalue weighted by atomic mass is 15.3. The van der Waals surface area contributed by atoms with Gasteiger partial charge in [0.25, 0.3) is 0 Å². The minimum atomic E-state index is 0.415. The molecule has 0 aliphatic heterocycles. The number of aryl methyl sites for hydroxylation is 1. The second-order valence-corrected chi connectivity index (χ2v) is 6.29. The standard InChI is InChI=1S/C16H32N6/c1-7-17-16(19-13(4)10-8-9-12(2)3)18-11-15-21-20-14(5)22(15)6/h12-13H,7-11H2,1-6H3,(H2,17,18,19). The summed E-state index contributed by atoms with van der Waals surface area (Å²) in [5.74, 6) is 3.40. The molecule has 0 saturated heterocycles. The van der Waals surface area contributed by atoms with Gasteiger partial charge in [0, 0.05) is 19.6 Å². The first kappa shape index (κ1) is 18.5. The maximum atomic E-state index is 4.61. The molecule has 1 heterocycles. The van der Waals surface area contributed by atoms with Gasteiger partial charge in [0.1, 0.15) is 12.4 Å². The minimum absolute atomic E-state index is 0.415. The lowest BCUT2D eigenvalue weighted by Gasteiger charge is -2.18. The minimum Gasteiger partial charge on any atom is -0.357 e. The molecule has 0 aliphatic carbocycles. The fraction of sp³-hybridized carbons (Fsp3) is 0.812. The molecule has 22 heavy (non-hydrogen) atoms. The van der Waals surface area contributed by atoms with E-state index in [1.807, 2.05) is 18.5 Å². The molecule has 1 aromatic heterocycles. The lowest BCUT2D eigenvalue weighted by atomic mass is 10.0. The van der Waals surface area contributed by atoms with Gasteiger partial charge in [0.15, 0.2) is 11.8 Å². The van der Waals surface area contributed by atoms with Crippen molar-refractivity contribution >= 4 is 5.96 Å². The maximum absolute atomic E-state index is 4.61. The summed E-state index contributed by atoms with van der Waals surface area (Å²) in [6.07, 6.45) is 3.68. The molecule has 1 unspecified atom stereocenters. The highest BCUT2D eigenvalue weighted by Crippen LogP contribution is 2.08. The van der Waals surface area contributed by atoms with Crippen molar-refractivity contribution in [1.82, 2.24) is 25.4 Å². The van der Waals surface area contributed by atoms with Crippen LogP contribution in [0.2, 0.25) is 0 Å². The van der Waals surface area contributed by atoms with Crippen molar-refractivity contribution in [2.24, 2.45) is 18.0 Å². The third kappa shape index (κ3) is 6.45. The zero-order valence-corrected chi connectivity index (χ0v) is 15.0. The monoisotopic (exact) mass is 308 g/mol. The van der Waals surface area contributed by atoms with Gasteiger partial charge in [-0.15, -0.1) is 10.2 Å². The average Bonchev–Trinajstić information content (AvgIpc) is 2.76. The van der Waals surface area contributed by atoms with Crippen LogP contribution < -0.4 is 10.6 Å². The van der Waals surface area contributed by atoms with Crippen molar-refractivity contribution in [3.63, 3.8) is 0 Å². The largest absolute Gasteiger partial charge is 0.357 e. The molecule has 1 aromatic rings. The predicted octanol–water partition coefficient (Wildman–Crippen LogP) is 2.39. The second-order valence-electron chi connectivity index (χ2n) is 6.29. The van der Waals surface area contributed by atoms with Gasteiger partial charge in [-0.05, 0) is 33.1 Å². The molecule has 2 N–H and O–H groups in total. The number of nitrogens with zero attached hydrogens (tertiary/aromatic N) is 4. The van der Waals surface area contributed by atoms with Crippen LogP contribution in [0.1, 0.15) is 58.6 Å². The van der Waals surface area contributed by atoms with Crippen molar-refractivity contribution in [1.29, 1.82) is 0 Å². The van der Waals surface area contributed by atoms with Crippen LogP contribution >= 0.6 is 0 Å². The van der Waals surface area contributed by atoms with E-state index in [0.717, 1.165) is 36.5 Å². The van der Waals surface area contributed by atoms with E-state index in [1.165, 1.54) is 12.8 Å². The molecule has 1 atom stereocenters. The summed E-state index contributed by atoms with van der Waals surface area (Å²) in [5.41, 5.74) is 0. The smallest absolute Gasteiger partial charge is 0.191 e. The van der Waals surface area contributed by atoms with Gasteiger partial charge in [0.05, 0.1) is 0 Å². The van der Waals surface area contributed by atoms with Crippen molar-refractivity contribution in [2.75, 3.05) is 6.54 Å². The molecule has 0 amide bonds. The van der Waals surface area contributed by atoms with Crippen LogP contribution in [0.5, 0.6) is 0 Å². The number of hydrogen-bond acceptors (Lipinski definition) is 3. The van der Waals surface area contributed by atoms with Crippen molar-refractivity contribution in [3.05, 3.63) is 11.6 Å². The molecule has 1 rings (SSSR count). The van der Waals surface area contributed by atoms with Crippen LogP contribution in [0.15, 0.2) is 4.99 Å². The van der Waals surface area contributed by atoms with Gasteiger partial charge >= 0.3 is 0 Å². The SMILES string of the molecule is CCNC(=NCc1nnc(C)n1C)NC(C)CCCC(C)C. The van der Waals surface area contributed by atoms with Crippen molar-refractivity contribution < 1.29 is 0 Å². The predicted molar refractivity (Wildman–Crippen MR) is 91.8 cm³/mol. The zero-order chi connectivity index (χ0) is 16.5. The second kappa shape index (κ2) is 9.43. The van der Waals surface area contributed by atoms with Gasteiger partial charge in [-0.3, -0.25) is 0 Å². The molecule has 6 nitrogen and oxygen atoms in total. The lowest BCUT2D eigenvalue weighted by molar-refractivity contribution is 0.491. The van der Waals surface area contributed by atoms with E-state index in [-0.39, 0.29) is 0 Å². The average molecular weight is 308 g/mol. The summed E-state index contributed by atoms with van der Waals surface area (Å²) in [6, 6.07) is 0.415. The van der Waals surface area contributed by atoms with Gasteiger partial charge in [0.2, 0.25) is 0 Å². The molecule has 0 fully saturated rings. The lowest BCUT2D eigenvalue weighted by Crippen LogP contribution is -2.42. The maximum Gasteiger partial charge on any atom is 0.191 e. The normalized spacial score (nSPS) is 13.5. The first-order valence-electron chi connectivity index (χ1n) is 8.33. The summed E-state index contributed by atoms with van der Waals surface area (Å²) in [6.45, 7) is 12.2. The van der Waals surface area contributed by atoms with Crippen LogP contribution in [0.4, 0.5) is 0 Å². The summed E-state index contributed by atoms with van der Waals surface area (Å²) >= 11 is 0. The Morgan fingerprint density at radius 1 is 1.23 bits per heavy atom. The fourth-order valence-corrected chi connectivity index (χ4v) is 2.20. The summed E-state index contributed by atoms with van der Waals surface area (Å²) < 4.78 is 1.97. The van der Waals surface area contributed by atoms with Crippen LogP contribution in [0.3, 0.4) is 0 Å². The van der Waals surface area contributed by atoms with Gasteiger partial charge in [-0.25, -0.2) is 4.99 Å². The third-order valence-electron chi connectivity index (χ3n) is 3.71. The van der Waals surface area contributed by atoms with E-state index in [0.29, 0.717) is 12.6 Å². The molecule has 0 bridgehead atoms. The Balaban J connectivity index is 2.53. The van der Waals surface area contributed by atoms with Crippen molar-refractivity contribution in [2.45, 2.75) is 66.5 Å². The van der Waals surface area contributed by atoms with E-state index >= 15 is 0 Å². The molecule has 0 aromatic carbocycles. The summed E-state index contributed by atoms with van der Waals surface area (Å²) in [4.78, 5) is 4.61. The Kier molecular flexibility index (Phi) is 7.91. The molecule has 0 saturated carbocycles. The highest BCUT2D eigenvalue weighted by molar-refractivity contribution is 5.79. The highest BCUT2D eigenvalue weighted by Gasteiger charge is 2.08. The first-order chi connectivity index (χ1) is 10.4. The molecule has 0 radical (unpaired) electrons. The van der Waals surface area contributed by atoms with Crippen LogP contribution in [0.25, 0.3) is 0 Å². The zero-order valence-electron chi connectivity index (χ0n) is 15.0. The van der Waals surface area contributed by atoms with E-state index in [4.69, 9.17) is 0 Å². The topological polar surface area (TPSA) is 67.1 Å². The molecular formula is C16H32N6. The molecular weight excluding hydrogens is 276 g/mol. The van der Waals surface area contributed by atoms with Gasteiger partial charge in [-0.2, -0.15) is 0 Å². The van der Waals surface area contributed by atoms with Crippen molar-refractivity contribution in [3.8, 4) is 0 Å². The molecule has 6 heteroatoms. The number of hydrogen-bond donors (Lipinski definition) is 2. The van der Waals surface area contributed by atoms with Crippen LogP contribution in [-0.2, 0) is 13.6 Å². The Hall–Kier alpha value is -1.59. The Morgan fingerprint density at radius 2 is 1.95 bits per heavy atom. The van der Waals surface area contributed by atoms with E-state index < -0.39 is 0 Å². The van der Waals surface area contributed by atoms with E-state index in [2.05, 4.69) is 53.5 Å². The fourth-order valence-electron chi connectivity index (χ4n) is 2.20. The molecule has 0 aliphatic rings. The van der Waals surface area contributed by atoms with E-state index in [1.54, 1.807) is 0 Å².